The van der Waals surface area contributed by atoms with Gasteiger partial charge in [-0.3, -0.25) is 0 Å². The number of nitrogens with one attached hydrogen (secondary N) is 1. The number of halogens is 2. The van der Waals surface area contributed by atoms with Crippen molar-refractivity contribution in [3.05, 3.63) is 57.5 Å². The largest absolute Gasteiger partial charge is 0.490 e. The molecule has 0 spiro atoms. The van der Waals surface area contributed by atoms with E-state index in [1.54, 1.807) is 0 Å². The molecule has 2 rings (SSSR count). The lowest BCUT2D eigenvalue weighted by atomic mass is 10.2. The monoisotopic (exact) mass is 353 g/mol. The van der Waals surface area contributed by atoms with Crippen molar-refractivity contribution in [3.63, 3.8) is 0 Å². The lowest BCUT2D eigenvalue weighted by Gasteiger charge is -2.13. The fourth-order valence-electron chi connectivity index (χ4n) is 1.78. The second-order valence-corrected chi connectivity index (χ2v) is 6.08. The van der Waals surface area contributed by atoms with Gasteiger partial charge in [0, 0.05) is 17.3 Å². The minimum atomic E-state index is 0.171. The Morgan fingerprint density at radius 2 is 1.85 bits per heavy atom. The van der Waals surface area contributed by atoms with Crippen LogP contribution in [0.1, 0.15) is 19.4 Å². The second kappa shape index (κ2) is 7.00. The third-order valence-corrected chi connectivity index (χ3v) is 3.57. The van der Waals surface area contributed by atoms with Crippen molar-refractivity contribution in [1.29, 1.82) is 0 Å². The predicted octanol–water partition coefficient (Wildman–Crippen LogP) is 5.50. The van der Waals surface area contributed by atoms with Gasteiger partial charge in [-0.2, -0.15) is 0 Å². The van der Waals surface area contributed by atoms with Crippen molar-refractivity contribution in [1.82, 2.24) is 0 Å². The van der Waals surface area contributed by atoms with E-state index in [1.807, 2.05) is 44.2 Å². The van der Waals surface area contributed by atoms with Gasteiger partial charge in [0.2, 0.25) is 0 Å². The zero-order valence-electron chi connectivity index (χ0n) is 11.5. The number of ether oxygens (including phenoxy) is 1. The fourth-order valence-corrected chi connectivity index (χ4v) is 2.42. The molecule has 0 aliphatic carbocycles. The number of anilines is 1. The zero-order valence-corrected chi connectivity index (χ0v) is 13.8. The van der Waals surface area contributed by atoms with Crippen molar-refractivity contribution in [2.75, 3.05) is 5.32 Å². The molecule has 0 radical (unpaired) electrons. The van der Waals surface area contributed by atoms with Gasteiger partial charge in [0.15, 0.2) is 0 Å². The third kappa shape index (κ3) is 4.43. The molecule has 0 atom stereocenters. The van der Waals surface area contributed by atoms with Gasteiger partial charge < -0.3 is 10.1 Å². The van der Waals surface area contributed by atoms with E-state index >= 15 is 0 Å². The van der Waals surface area contributed by atoms with Crippen molar-refractivity contribution in [2.45, 2.75) is 26.5 Å². The number of hydrogen-bond donors (Lipinski definition) is 1. The Labute approximate surface area is 133 Å². The SMILES string of the molecule is CC(C)Oc1ccc(CNc2ccc(Cl)cc2)cc1Br. The van der Waals surface area contributed by atoms with Gasteiger partial charge in [-0.25, -0.2) is 0 Å². The van der Waals surface area contributed by atoms with Crippen molar-refractivity contribution < 1.29 is 4.74 Å². The summed E-state index contributed by atoms with van der Waals surface area (Å²) in [6.07, 6.45) is 0.171. The molecule has 0 amide bonds. The van der Waals surface area contributed by atoms with E-state index in [0.29, 0.717) is 0 Å². The van der Waals surface area contributed by atoms with E-state index in [2.05, 4.69) is 33.4 Å². The van der Waals surface area contributed by atoms with Crippen LogP contribution < -0.4 is 10.1 Å². The Kier molecular flexibility index (Phi) is 5.32. The van der Waals surface area contributed by atoms with E-state index in [-0.39, 0.29) is 6.10 Å². The highest BCUT2D eigenvalue weighted by molar-refractivity contribution is 9.10. The molecule has 2 aromatic rings. The van der Waals surface area contributed by atoms with E-state index in [1.165, 1.54) is 5.56 Å². The normalized spacial score (nSPS) is 10.7. The summed E-state index contributed by atoms with van der Waals surface area (Å²) in [5.74, 6) is 0.871. The van der Waals surface area contributed by atoms with Gasteiger partial charge in [0.25, 0.3) is 0 Å². The van der Waals surface area contributed by atoms with Crippen LogP contribution in [0.3, 0.4) is 0 Å². The van der Waals surface area contributed by atoms with Gasteiger partial charge in [-0.15, -0.1) is 0 Å². The molecule has 0 saturated heterocycles. The number of benzene rings is 2. The fraction of sp³-hybridized carbons (Fsp3) is 0.250. The Morgan fingerprint density at radius 1 is 1.15 bits per heavy atom. The molecular weight excluding hydrogens is 338 g/mol. The van der Waals surface area contributed by atoms with Crippen LogP contribution in [-0.2, 0) is 6.54 Å². The maximum Gasteiger partial charge on any atom is 0.133 e. The third-order valence-electron chi connectivity index (χ3n) is 2.70. The molecule has 0 aliphatic rings. The maximum absolute atomic E-state index is 5.86. The van der Waals surface area contributed by atoms with Crippen LogP contribution in [-0.4, -0.2) is 6.10 Å². The lowest BCUT2D eigenvalue weighted by molar-refractivity contribution is 0.241. The first kappa shape index (κ1) is 15.2. The van der Waals surface area contributed by atoms with Crippen molar-refractivity contribution in [2.24, 2.45) is 0 Å². The lowest BCUT2D eigenvalue weighted by Crippen LogP contribution is -2.06. The summed E-state index contributed by atoms with van der Waals surface area (Å²) in [4.78, 5) is 0. The van der Waals surface area contributed by atoms with Crippen LogP contribution in [0.25, 0.3) is 0 Å². The summed E-state index contributed by atoms with van der Waals surface area (Å²) < 4.78 is 6.67. The smallest absolute Gasteiger partial charge is 0.133 e. The first-order valence-electron chi connectivity index (χ1n) is 6.49. The highest BCUT2D eigenvalue weighted by Crippen LogP contribution is 2.27. The summed E-state index contributed by atoms with van der Waals surface area (Å²) in [5, 5.41) is 4.10. The van der Waals surface area contributed by atoms with Gasteiger partial charge in [0.05, 0.1) is 10.6 Å². The molecule has 4 heteroatoms. The molecule has 2 aromatic carbocycles. The minimum absolute atomic E-state index is 0.171. The standard InChI is InChI=1S/C16H17BrClNO/c1-11(2)20-16-8-3-12(9-15(16)17)10-19-14-6-4-13(18)5-7-14/h3-9,11,19H,10H2,1-2H3. The highest BCUT2D eigenvalue weighted by atomic mass is 79.9. The summed E-state index contributed by atoms with van der Waals surface area (Å²) in [6.45, 7) is 4.78. The topological polar surface area (TPSA) is 21.3 Å². The molecule has 0 fully saturated rings. The quantitative estimate of drug-likeness (QED) is 0.765. The van der Waals surface area contributed by atoms with E-state index in [0.717, 1.165) is 27.5 Å². The van der Waals surface area contributed by atoms with Crippen LogP contribution in [0.2, 0.25) is 5.02 Å². The predicted molar refractivity (Wildman–Crippen MR) is 88.7 cm³/mol. The number of rotatable bonds is 5. The molecule has 0 aromatic heterocycles. The maximum atomic E-state index is 5.86. The van der Waals surface area contributed by atoms with Gasteiger partial charge in [-0.05, 0) is 71.7 Å². The van der Waals surface area contributed by atoms with Crippen LogP contribution in [0.4, 0.5) is 5.69 Å². The van der Waals surface area contributed by atoms with E-state index in [9.17, 15) is 0 Å². The molecule has 0 unspecified atom stereocenters. The average Bonchev–Trinajstić information content (AvgIpc) is 2.40. The molecule has 2 nitrogen and oxygen atoms in total. The average molecular weight is 355 g/mol. The minimum Gasteiger partial charge on any atom is -0.490 e. The van der Waals surface area contributed by atoms with E-state index < -0.39 is 0 Å². The molecule has 0 bridgehead atoms. The summed E-state index contributed by atoms with van der Waals surface area (Å²) >= 11 is 9.40. The molecular formula is C16H17BrClNO. The van der Waals surface area contributed by atoms with Crippen molar-refractivity contribution >= 4 is 33.2 Å². The summed E-state index contributed by atoms with van der Waals surface area (Å²) in [6, 6.07) is 13.8. The molecule has 106 valence electrons. The van der Waals surface area contributed by atoms with Gasteiger partial charge >= 0.3 is 0 Å². The van der Waals surface area contributed by atoms with Crippen LogP contribution in [0.5, 0.6) is 5.75 Å². The first-order valence-corrected chi connectivity index (χ1v) is 7.66. The van der Waals surface area contributed by atoms with E-state index in [4.69, 9.17) is 16.3 Å². The molecule has 0 saturated carbocycles. The molecule has 1 N–H and O–H groups in total. The highest BCUT2D eigenvalue weighted by Gasteiger charge is 2.04. The van der Waals surface area contributed by atoms with Crippen LogP contribution in [0.15, 0.2) is 46.9 Å². The second-order valence-electron chi connectivity index (χ2n) is 4.79. The molecule has 0 aliphatic heterocycles. The Balaban J connectivity index is 1.99. The summed E-state index contributed by atoms with van der Waals surface area (Å²) in [5.41, 5.74) is 2.23. The van der Waals surface area contributed by atoms with Gasteiger partial charge in [0.1, 0.15) is 5.75 Å². The molecule has 0 heterocycles. The van der Waals surface area contributed by atoms with Crippen LogP contribution >= 0.6 is 27.5 Å². The number of hydrogen-bond acceptors (Lipinski definition) is 2. The van der Waals surface area contributed by atoms with Crippen LogP contribution in [0, 0.1) is 0 Å². The zero-order chi connectivity index (χ0) is 14.5. The molecule has 20 heavy (non-hydrogen) atoms. The Hall–Kier alpha value is -1.19. The Bertz CT molecular complexity index is 569. The Morgan fingerprint density at radius 3 is 2.45 bits per heavy atom. The first-order chi connectivity index (χ1) is 9.54. The summed E-state index contributed by atoms with van der Waals surface area (Å²) in [7, 11) is 0. The van der Waals surface area contributed by atoms with Gasteiger partial charge in [-0.1, -0.05) is 17.7 Å². The van der Waals surface area contributed by atoms with Crippen molar-refractivity contribution in [3.8, 4) is 5.75 Å².